The summed E-state index contributed by atoms with van der Waals surface area (Å²) >= 11 is 1.18. The Labute approximate surface area is 147 Å². The zero-order valence-electron chi connectivity index (χ0n) is 13.7. The molecule has 3 aromatic rings. The van der Waals surface area contributed by atoms with Gasteiger partial charge < -0.3 is 5.32 Å². The SMILES string of the molecule is Cn1c(=O)n(Cc2ccccc2)c(=O)c2cc(C(=O)NC3CC3)sc21. The Kier molecular flexibility index (Phi) is 3.80. The summed E-state index contributed by atoms with van der Waals surface area (Å²) < 4.78 is 2.66. The molecule has 1 saturated carbocycles. The quantitative estimate of drug-likeness (QED) is 0.774. The first-order chi connectivity index (χ1) is 12.0. The van der Waals surface area contributed by atoms with Gasteiger partial charge in [0, 0.05) is 13.1 Å². The number of nitrogens with one attached hydrogen (secondary N) is 1. The standard InChI is InChI=1S/C18H17N3O3S/c1-20-17-13(9-14(25-17)15(22)19-12-7-8-12)16(23)21(18(20)24)10-11-5-3-2-4-6-11/h2-6,9,12H,7-8,10H2,1H3,(H,19,22). The first-order valence-corrected chi connectivity index (χ1v) is 8.94. The summed E-state index contributed by atoms with van der Waals surface area (Å²) in [5.74, 6) is -0.176. The van der Waals surface area contributed by atoms with E-state index >= 15 is 0 Å². The minimum Gasteiger partial charge on any atom is -0.349 e. The number of hydrogen-bond donors (Lipinski definition) is 1. The number of aromatic nitrogens is 2. The van der Waals surface area contributed by atoms with Crippen molar-refractivity contribution in [3.05, 3.63) is 67.7 Å². The third kappa shape index (κ3) is 2.91. The molecule has 1 aliphatic rings. The maximum atomic E-state index is 12.8. The van der Waals surface area contributed by atoms with Gasteiger partial charge in [0.05, 0.1) is 16.8 Å². The van der Waals surface area contributed by atoms with Crippen molar-refractivity contribution in [2.45, 2.75) is 25.4 Å². The lowest BCUT2D eigenvalue weighted by molar-refractivity contribution is 0.0955. The molecule has 0 spiro atoms. The van der Waals surface area contributed by atoms with Crippen LogP contribution in [0.1, 0.15) is 28.1 Å². The van der Waals surface area contributed by atoms with E-state index in [9.17, 15) is 14.4 Å². The minimum absolute atomic E-state index is 0.176. The van der Waals surface area contributed by atoms with Crippen LogP contribution >= 0.6 is 11.3 Å². The Bertz CT molecular complexity index is 1070. The second kappa shape index (κ2) is 6.00. The number of fused-ring (bicyclic) bond motifs is 1. The number of carbonyl (C=O) groups excluding carboxylic acids is 1. The van der Waals surface area contributed by atoms with E-state index in [4.69, 9.17) is 0 Å². The van der Waals surface area contributed by atoms with E-state index in [1.165, 1.54) is 20.5 Å². The molecule has 25 heavy (non-hydrogen) atoms. The van der Waals surface area contributed by atoms with Gasteiger partial charge in [-0.25, -0.2) is 4.79 Å². The first kappa shape index (κ1) is 15.8. The van der Waals surface area contributed by atoms with E-state index in [0.29, 0.717) is 15.1 Å². The molecule has 1 N–H and O–H groups in total. The molecule has 0 atom stereocenters. The monoisotopic (exact) mass is 355 g/mol. The van der Waals surface area contributed by atoms with Crippen LogP contribution in [-0.4, -0.2) is 21.1 Å². The molecule has 6 nitrogen and oxygen atoms in total. The number of rotatable bonds is 4. The Hall–Kier alpha value is -2.67. The fourth-order valence-electron chi connectivity index (χ4n) is 2.79. The first-order valence-electron chi connectivity index (χ1n) is 8.13. The zero-order valence-corrected chi connectivity index (χ0v) is 14.5. The molecule has 2 heterocycles. The molecule has 1 aromatic carbocycles. The third-order valence-corrected chi connectivity index (χ3v) is 5.54. The number of aryl methyl sites for hydroxylation is 1. The smallest absolute Gasteiger partial charge is 0.332 e. The highest BCUT2D eigenvalue weighted by molar-refractivity contribution is 7.20. The Morgan fingerprint density at radius 3 is 2.64 bits per heavy atom. The lowest BCUT2D eigenvalue weighted by Gasteiger charge is -2.08. The maximum absolute atomic E-state index is 12.8. The molecule has 0 aliphatic heterocycles. The van der Waals surface area contributed by atoms with E-state index in [2.05, 4.69) is 5.32 Å². The maximum Gasteiger partial charge on any atom is 0.332 e. The fraction of sp³-hybridized carbons (Fsp3) is 0.278. The number of benzene rings is 1. The Morgan fingerprint density at radius 1 is 1.24 bits per heavy atom. The topological polar surface area (TPSA) is 73.1 Å². The van der Waals surface area contributed by atoms with Crippen molar-refractivity contribution in [3.8, 4) is 0 Å². The summed E-state index contributed by atoms with van der Waals surface area (Å²) in [7, 11) is 1.63. The lowest BCUT2D eigenvalue weighted by atomic mass is 10.2. The largest absolute Gasteiger partial charge is 0.349 e. The number of amides is 1. The molecule has 0 radical (unpaired) electrons. The van der Waals surface area contributed by atoms with Crippen molar-refractivity contribution >= 4 is 27.5 Å². The van der Waals surface area contributed by atoms with Gasteiger partial charge in [0.1, 0.15) is 4.83 Å². The van der Waals surface area contributed by atoms with E-state index in [-0.39, 0.29) is 29.7 Å². The van der Waals surface area contributed by atoms with Gasteiger partial charge in [0.25, 0.3) is 11.5 Å². The summed E-state index contributed by atoms with van der Waals surface area (Å²) in [5, 5.41) is 3.32. The second-order valence-electron chi connectivity index (χ2n) is 6.30. The van der Waals surface area contributed by atoms with Gasteiger partial charge in [-0.2, -0.15) is 0 Å². The number of carbonyl (C=O) groups is 1. The number of thiophene rings is 1. The van der Waals surface area contributed by atoms with Crippen LogP contribution in [0.5, 0.6) is 0 Å². The predicted molar refractivity (Wildman–Crippen MR) is 97.4 cm³/mol. The summed E-state index contributed by atoms with van der Waals surface area (Å²) in [6, 6.07) is 11.2. The molecule has 1 fully saturated rings. The van der Waals surface area contributed by atoms with Crippen molar-refractivity contribution < 1.29 is 4.79 Å². The Balaban J connectivity index is 1.81. The molecule has 7 heteroatoms. The van der Waals surface area contributed by atoms with Crippen molar-refractivity contribution in [2.24, 2.45) is 7.05 Å². The molecule has 1 aliphatic carbocycles. The van der Waals surface area contributed by atoms with Crippen LogP contribution in [0.3, 0.4) is 0 Å². The van der Waals surface area contributed by atoms with Gasteiger partial charge in [-0.05, 0) is 24.5 Å². The average Bonchev–Trinajstić information content (AvgIpc) is 3.31. The van der Waals surface area contributed by atoms with E-state index in [1.54, 1.807) is 13.1 Å². The highest BCUT2D eigenvalue weighted by atomic mass is 32.1. The Morgan fingerprint density at radius 2 is 1.96 bits per heavy atom. The number of hydrogen-bond acceptors (Lipinski definition) is 4. The molecule has 0 saturated heterocycles. The zero-order chi connectivity index (χ0) is 17.6. The van der Waals surface area contributed by atoms with Gasteiger partial charge in [-0.15, -0.1) is 11.3 Å². The second-order valence-corrected chi connectivity index (χ2v) is 7.33. The highest BCUT2D eigenvalue weighted by Gasteiger charge is 2.25. The van der Waals surface area contributed by atoms with Crippen molar-refractivity contribution in [3.63, 3.8) is 0 Å². The van der Waals surface area contributed by atoms with Gasteiger partial charge in [-0.1, -0.05) is 30.3 Å². The fourth-order valence-corrected chi connectivity index (χ4v) is 3.79. The highest BCUT2D eigenvalue weighted by Crippen LogP contribution is 2.24. The predicted octanol–water partition coefficient (Wildman–Crippen LogP) is 1.70. The van der Waals surface area contributed by atoms with E-state index in [1.807, 2.05) is 30.3 Å². The molecule has 128 valence electrons. The van der Waals surface area contributed by atoms with Gasteiger partial charge in [-0.3, -0.25) is 18.7 Å². The molecule has 4 rings (SSSR count). The van der Waals surface area contributed by atoms with Crippen LogP contribution in [0.2, 0.25) is 0 Å². The molecule has 0 bridgehead atoms. The average molecular weight is 355 g/mol. The van der Waals surface area contributed by atoms with Crippen LogP contribution in [0.15, 0.2) is 46.0 Å². The molecule has 0 unspecified atom stereocenters. The normalized spacial score (nSPS) is 14.0. The summed E-state index contributed by atoms with van der Waals surface area (Å²) in [4.78, 5) is 38.7. The van der Waals surface area contributed by atoms with Crippen LogP contribution in [0.4, 0.5) is 0 Å². The minimum atomic E-state index is -0.377. The number of nitrogens with zero attached hydrogens (tertiary/aromatic N) is 2. The van der Waals surface area contributed by atoms with Gasteiger partial charge in [0.15, 0.2) is 0 Å². The molecule has 1 amide bonds. The van der Waals surface area contributed by atoms with Crippen LogP contribution in [0.25, 0.3) is 10.2 Å². The summed E-state index contributed by atoms with van der Waals surface area (Å²) in [5.41, 5.74) is 0.143. The van der Waals surface area contributed by atoms with E-state index in [0.717, 1.165) is 18.4 Å². The summed E-state index contributed by atoms with van der Waals surface area (Å²) in [6.45, 7) is 0.210. The van der Waals surface area contributed by atoms with Crippen molar-refractivity contribution in [1.29, 1.82) is 0 Å². The van der Waals surface area contributed by atoms with Crippen molar-refractivity contribution in [2.75, 3.05) is 0 Å². The van der Waals surface area contributed by atoms with Crippen LogP contribution < -0.4 is 16.6 Å². The molecular weight excluding hydrogens is 338 g/mol. The third-order valence-electron chi connectivity index (χ3n) is 4.33. The van der Waals surface area contributed by atoms with Gasteiger partial charge >= 0.3 is 5.69 Å². The van der Waals surface area contributed by atoms with Crippen LogP contribution in [0, 0.1) is 0 Å². The van der Waals surface area contributed by atoms with Crippen LogP contribution in [-0.2, 0) is 13.6 Å². The molecular formula is C18H17N3O3S. The molecule has 2 aromatic heterocycles. The van der Waals surface area contributed by atoms with Crippen molar-refractivity contribution in [1.82, 2.24) is 14.5 Å². The van der Waals surface area contributed by atoms with E-state index < -0.39 is 0 Å². The van der Waals surface area contributed by atoms with Gasteiger partial charge in [0.2, 0.25) is 0 Å². The lowest BCUT2D eigenvalue weighted by Crippen LogP contribution is -2.38. The summed E-state index contributed by atoms with van der Waals surface area (Å²) in [6.07, 6.45) is 2.00.